The third kappa shape index (κ3) is 1.88. The lowest BCUT2D eigenvalue weighted by Crippen LogP contribution is -2.16. The number of hydrogen-bond acceptors (Lipinski definition) is 2. The zero-order valence-corrected chi connectivity index (χ0v) is 10.4. The number of rotatable bonds is 1. The van der Waals surface area contributed by atoms with Crippen LogP contribution in [0.5, 0.6) is 0 Å². The van der Waals surface area contributed by atoms with Gasteiger partial charge >= 0.3 is 0 Å². The smallest absolute Gasteiger partial charge is 0.0961 e. The molecule has 18 heavy (non-hydrogen) atoms. The molecule has 1 aliphatic carbocycles. The normalized spacial score (nSPS) is 24.6. The molecule has 1 heterocycles. The molecule has 0 saturated heterocycles. The van der Waals surface area contributed by atoms with Crippen LogP contribution in [0.25, 0.3) is 11.0 Å². The molecule has 0 amide bonds. The summed E-state index contributed by atoms with van der Waals surface area (Å²) in [5.74, 6) is 0.130. The van der Waals surface area contributed by atoms with Crippen LogP contribution in [0.3, 0.4) is 0 Å². The topological polar surface area (TPSA) is 41.6 Å². The largest absolute Gasteiger partial charge is 0.326 e. The Morgan fingerprint density at radius 3 is 2.89 bits per heavy atom. The number of nitriles is 1. The Morgan fingerprint density at radius 1 is 1.17 bits per heavy atom. The summed E-state index contributed by atoms with van der Waals surface area (Å²) in [6.45, 7) is 0. The van der Waals surface area contributed by atoms with Crippen molar-refractivity contribution >= 4 is 11.0 Å². The fraction of sp³-hybridized carbons (Fsp3) is 0.467. The van der Waals surface area contributed by atoms with Crippen molar-refractivity contribution < 1.29 is 0 Å². The maximum atomic E-state index is 9.37. The lowest BCUT2D eigenvalue weighted by Gasteiger charge is -2.21. The molecule has 1 fully saturated rings. The van der Waals surface area contributed by atoms with Crippen molar-refractivity contribution in [3.63, 3.8) is 0 Å². The van der Waals surface area contributed by atoms with Gasteiger partial charge in [0.25, 0.3) is 0 Å². The van der Waals surface area contributed by atoms with E-state index in [1.54, 1.807) is 0 Å². The van der Waals surface area contributed by atoms with Crippen molar-refractivity contribution in [1.29, 1.82) is 5.26 Å². The molecular weight excluding hydrogens is 222 g/mol. The second-order valence-corrected chi connectivity index (χ2v) is 5.08. The second-order valence-electron chi connectivity index (χ2n) is 5.08. The molecule has 1 aliphatic rings. The second kappa shape index (κ2) is 4.81. The van der Waals surface area contributed by atoms with Gasteiger partial charge in [-0.15, -0.1) is 0 Å². The molecule has 3 rings (SSSR count). The summed E-state index contributed by atoms with van der Waals surface area (Å²) in [4.78, 5) is 4.45. The molecule has 2 aromatic rings. The van der Waals surface area contributed by atoms with Crippen LogP contribution in [0.4, 0.5) is 0 Å². The Balaban J connectivity index is 2.04. The van der Waals surface area contributed by atoms with Gasteiger partial charge in [0, 0.05) is 0 Å². The molecule has 92 valence electrons. The van der Waals surface area contributed by atoms with Crippen molar-refractivity contribution in [2.24, 2.45) is 5.92 Å². The standard InChI is InChI=1S/C15H17N3/c16-10-12-6-2-1-3-8-14(12)18-11-17-13-7-4-5-9-15(13)18/h4-5,7,9,11-12,14H,1-3,6,8H2. The first-order valence-corrected chi connectivity index (χ1v) is 6.71. The number of benzene rings is 1. The van der Waals surface area contributed by atoms with Crippen molar-refractivity contribution in [2.45, 2.75) is 38.1 Å². The predicted octanol–water partition coefficient (Wildman–Crippen LogP) is 3.68. The number of para-hydroxylation sites is 2. The lowest BCUT2D eigenvalue weighted by atomic mass is 9.96. The maximum Gasteiger partial charge on any atom is 0.0961 e. The predicted molar refractivity (Wildman–Crippen MR) is 71.0 cm³/mol. The lowest BCUT2D eigenvalue weighted by molar-refractivity contribution is 0.380. The zero-order chi connectivity index (χ0) is 12.4. The van der Waals surface area contributed by atoms with E-state index in [2.05, 4.69) is 21.7 Å². The van der Waals surface area contributed by atoms with Crippen LogP contribution in [-0.2, 0) is 0 Å². The van der Waals surface area contributed by atoms with Crippen molar-refractivity contribution in [3.05, 3.63) is 30.6 Å². The number of hydrogen-bond donors (Lipinski definition) is 0. The van der Waals surface area contributed by atoms with Crippen molar-refractivity contribution in [2.75, 3.05) is 0 Å². The maximum absolute atomic E-state index is 9.37. The van der Waals surface area contributed by atoms with Gasteiger partial charge in [0.2, 0.25) is 0 Å². The summed E-state index contributed by atoms with van der Waals surface area (Å²) in [6.07, 6.45) is 7.68. The average molecular weight is 239 g/mol. The Hall–Kier alpha value is -1.82. The molecule has 1 aromatic heterocycles. The van der Waals surface area contributed by atoms with Crippen LogP contribution in [-0.4, -0.2) is 9.55 Å². The fourth-order valence-electron chi connectivity index (χ4n) is 3.01. The van der Waals surface area contributed by atoms with E-state index in [4.69, 9.17) is 0 Å². The first-order valence-electron chi connectivity index (χ1n) is 6.71. The van der Waals surface area contributed by atoms with Crippen LogP contribution >= 0.6 is 0 Å². The third-order valence-corrected chi connectivity index (χ3v) is 3.98. The van der Waals surface area contributed by atoms with E-state index in [0.29, 0.717) is 6.04 Å². The minimum atomic E-state index is 0.130. The molecule has 0 bridgehead atoms. The summed E-state index contributed by atoms with van der Waals surface area (Å²) in [7, 11) is 0. The van der Waals surface area contributed by atoms with E-state index in [-0.39, 0.29) is 5.92 Å². The fourth-order valence-corrected chi connectivity index (χ4v) is 3.01. The first-order chi connectivity index (χ1) is 8.90. The van der Waals surface area contributed by atoms with Crippen LogP contribution in [0.1, 0.15) is 38.1 Å². The van der Waals surface area contributed by atoms with E-state index in [9.17, 15) is 5.26 Å². The molecular formula is C15H17N3. The molecule has 3 nitrogen and oxygen atoms in total. The zero-order valence-electron chi connectivity index (χ0n) is 10.4. The highest BCUT2D eigenvalue weighted by Crippen LogP contribution is 2.34. The Bertz CT molecular complexity index is 579. The van der Waals surface area contributed by atoms with E-state index in [0.717, 1.165) is 23.9 Å². The highest BCUT2D eigenvalue weighted by Gasteiger charge is 2.25. The summed E-state index contributed by atoms with van der Waals surface area (Å²) < 4.78 is 2.22. The Morgan fingerprint density at radius 2 is 2.00 bits per heavy atom. The molecule has 0 N–H and O–H groups in total. The summed E-state index contributed by atoms with van der Waals surface area (Å²) in [5.41, 5.74) is 2.18. The highest BCUT2D eigenvalue weighted by molar-refractivity contribution is 5.75. The van der Waals surface area contributed by atoms with Crippen LogP contribution in [0, 0.1) is 17.2 Å². The van der Waals surface area contributed by atoms with Gasteiger partial charge in [-0.1, -0.05) is 31.4 Å². The Kier molecular flexibility index (Phi) is 3.02. The van der Waals surface area contributed by atoms with E-state index < -0.39 is 0 Å². The summed E-state index contributed by atoms with van der Waals surface area (Å²) >= 11 is 0. The van der Waals surface area contributed by atoms with Gasteiger partial charge in [0.1, 0.15) is 0 Å². The minimum Gasteiger partial charge on any atom is -0.326 e. The van der Waals surface area contributed by atoms with E-state index in [1.807, 2.05) is 24.5 Å². The van der Waals surface area contributed by atoms with Crippen molar-refractivity contribution in [1.82, 2.24) is 9.55 Å². The van der Waals surface area contributed by atoms with Gasteiger partial charge in [-0.3, -0.25) is 0 Å². The van der Waals surface area contributed by atoms with Gasteiger partial charge < -0.3 is 4.57 Å². The number of imidazole rings is 1. The molecule has 1 aromatic carbocycles. The van der Waals surface area contributed by atoms with E-state index in [1.165, 1.54) is 19.3 Å². The Labute approximate surface area is 107 Å². The molecule has 2 unspecified atom stereocenters. The van der Waals surface area contributed by atoms with Gasteiger partial charge in [-0.25, -0.2) is 4.98 Å². The van der Waals surface area contributed by atoms with Crippen LogP contribution < -0.4 is 0 Å². The van der Waals surface area contributed by atoms with Gasteiger partial charge in [-0.2, -0.15) is 5.26 Å². The van der Waals surface area contributed by atoms with E-state index >= 15 is 0 Å². The molecule has 1 saturated carbocycles. The summed E-state index contributed by atoms with van der Waals surface area (Å²) in [6, 6.07) is 11.0. The molecule has 0 spiro atoms. The SMILES string of the molecule is N#CC1CCCCCC1n1cnc2ccccc21. The number of nitrogens with zero attached hydrogens (tertiary/aromatic N) is 3. The van der Waals surface area contributed by atoms with Crippen molar-refractivity contribution in [3.8, 4) is 6.07 Å². The summed E-state index contributed by atoms with van der Waals surface area (Å²) in [5, 5.41) is 9.37. The highest BCUT2D eigenvalue weighted by atomic mass is 15.1. The molecule has 0 aliphatic heterocycles. The first kappa shape index (κ1) is 11.3. The quantitative estimate of drug-likeness (QED) is 0.712. The number of fused-ring (bicyclic) bond motifs is 1. The number of aromatic nitrogens is 2. The third-order valence-electron chi connectivity index (χ3n) is 3.98. The minimum absolute atomic E-state index is 0.130. The van der Waals surface area contributed by atoms with Gasteiger partial charge in [0.15, 0.2) is 0 Å². The van der Waals surface area contributed by atoms with Gasteiger partial charge in [-0.05, 0) is 25.0 Å². The molecule has 0 radical (unpaired) electrons. The molecule has 3 heteroatoms. The van der Waals surface area contributed by atoms with Crippen LogP contribution in [0.15, 0.2) is 30.6 Å². The monoisotopic (exact) mass is 239 g/mol. The van der Waals surface area contributed by atoms with Gasteiger partial charge in [0.05, 0.1) is 35.4 Å². The van der Waals surface area contributed by atoms with Crippen LogP contribution in [0.2, 0.25) is 0 Å². The molecule has 2 atom stereocenters. The average Bonchev–Trinajstić information content (AvgIpc) is 2.69.